The van der Waals surface area contributed by atoms with Gasteiger partial charge in [-0.1, -0.05) is 40.9 Å². The van der Waals surface area contributed by atoms with Crippen molar-refractivity contribution in [3.05, 3.63) is 87.7 Å². The Morgan fingerprint density at radius 2 is 1.94 bits per heavy atom. The number of hydrogen-bond acceptors (Lipinski definition) is 4. The third-order valence-electron chi connectivity index (χ3n) is 6.85. The lowest BCUT2D eigenvalue weighted by molar-refractivity contribution is -0.143. The molecule has 2 atom stereocenters. The molecule has 186 valence electrons. The summed E-state index contributed by atoms with van der Waals surface area (Å²) in [5, 5.41) is 9.92. The number of carbonyl (C=O) groups is 1. The number of carboxylic acid groups (broad SMARTS) is 1. The third kappa shape index (κ3) is 5.14. The Balaban J connectivity index is 1.53. The van der Waals surface area contributed by atoms with Crippen LogP contribution in [0.4, 0.5) is 4.39 Å². The Hall–Kier alpha value is -3.26. The first kappa shape index (κ1) is 24.4. The summed E-state index contributed by atoms with van der Waals surface area (Å²) in [7, 11) is 0. The van der Waals surface area contributed by atoms with Crippen molar-refractivity contribution in [1.82, 2.24) is 14.5 Å². The van der Waals surface area contributed by atoms with Gasteiger partial charge in [-0.25, -0.2) is 9.37 Å². The van der Waals surface area contributed by atoms with Crippen molar-refractivity contribution in [2.45, 2.75) is 51.7 Å². The molecule has 36 heavy (non-hydrogen) atoms. The molecular formula is C28H27BrFN3O3. The number of ether oxygens (including phenoxy) is 1. The van der Waals surface area contributed by atoms with Crippen molar-refractivity contribution < 1.29 is 19.0 Å². The normalized spacial score (nSPS) is 17.9. The number of nitrogens with zero attached hydrogens (tertiary/aromatic N) is 3. The summed E-state index contributed by atoms with van der Waals surface area (Å²) >= 11 is 3.49. The SMILES string of the molecule is Cc1cnc(COc2ccc3nc([C@H]4CCCC[C@H]4C(=O)O)n(Cc4ccc(Br)cc4)c3c2)c(F)c1. The van der Waals surface area contributed by atoms with Crippen LogP contribution in [0.5, 0.6) is 5.75 Å². The van der Waals surface area contributed by atoms with E-state index in [2.05, 4.69) is 25.5 Å². The van der Waals surface area contributed by atoms with Crippen LogP contribution in [0.2, 0.25) is 0 Å². The maximum Gasteiger partial charge on any atom is 0.307 e. The fourth-order valence-corrected chi connectivity index (χ4v) is 5.25. The summed E-state index contributed by atoms with van der Waals surface area (Å²) in [5.74, 6) is -0.399. The number of carboxylic acids is 1. The Morgan fingerprint density at radius 3 is 2.69 bits per heavy atom. The van der Waals surface area contributed by atoms with Gasteiger partial charge in [0.25, 0.3) is 0 Å². The van der Waals surface area contributed by atoms with Crippen molar-refractivity contribution in [2.24, 2.45) is 5.92 Å². The molecule has 0 radical (unpaired) electrons. The minimum Gasteiger partial charge on any atom is -0.487 e. The number of aromatic nitrogens is 3. The first-order chi connectivity index (χ1) is 17.4. The zero-order valence-corrected chi connectivity index (χ0v) is 21.5. The number of rotatable bonds is 7. The van der Waals surface area contributed by atoms with Crippen LogP contribution in [0, 0.1) is 18.7 Å². The van der Waals surface area contributed by atoms with Crippen LogP contribution in [-0.2, 0) is 17.9 Å². The Labute approximate surface area is 217 Å². The molecule has 0 amide bonds. The summed E-state index contributed by atoms with van der Waals surface area (Å²) in [6, 6.07) is 15.1. The molecule has 0 bridgehead atoms. The quantitative estimate of drug-likeness (QED) is 0.279. The smallest absolute Gasteiger partial charge is 0.307 e. The second-order valence-corrected chi connectivity index (χ2v) is 10.3. The van der Waals surface area contributed by atoms with Gasteiger partial charge in [-0.2, -0.15) is 0 Å². The average Bonchev–Trinajstić information content (AvgIpc) is 3.22. The van der Waals surface area contributed by atoms with Gasteiger partial charge in [0, 0.05) is 29.2 Å². The Bertz CT molecular complexity index is 1400. The summed E-state index contributed by atoms with van der Waals surface area (Å²) in [5.41, 5.74) is 3.72. The van der Waals surface area contributed by atoms with E-state index in [9.17, 15) is 14.3 Å². The van der Waals surface area contributed by atoms with E-state index in [1.54, 1.807) is 13.1 Å². The van der Waals surface area contributed by atoms with Crippen LogP contribution in [-0.4, -0.2) is 25.6 Å². The van der Waals surface area contributed by atoms with Gasteiger partial charge in [0.05, 0.1) is 17.0 Å². The fraction of sp³-hybridized carbons (Fsp3) is 0.321. The number of aryl methyl sites for hydroxylation is 1. The highest BCUT2D eigenvalue weighted by atomic mass is 79.9. The average molecular weight is 552 g/mol. The molecule has 1 N–H and O–H groups in total. The molecule has 0 unspecified atom stereocenters. The third-order valence-corrected chi connectivity index (χ3v) is 7.38. The van der Waals surface area contributed by atoms with E-state index in [0.29, 0.717) is 18.7 Å². The first-order valence-electron chi connectivity index (χ1n) is 12.1. The Kier molecular flexibility index (Phi) is 7.05. The van der Waals surface area contributed by atoms with Gasteiger partial charge in [-0.05, 0) is 61.2 Å². The van der Waals surface area contributed by atoms with Crippen molar-refractivity contribution in [3.8, 4) is 5.75 Å². The van der Waals surface area contributed by atoms with Crippen molar-refractivity contribution in [1.29, 1.82) is 0 Å². The van der Waals surface area contributed by atoms with E-state index in [4.69, 9.17) is 9.72 Å². The number of aliphatic carboxylic acids is 1. The van der Waals surface area contributed by atoms with Crippen LogP contribution in [0.1, 0.15) is 54.2 Å². The molecule has 2 heterocycles. The minimum absolute atomic E-state index is 0.00897. The molecule has 1 aliphatic carbocycles. The first-order valence-corrected chi connectivity index (χ1v) is 12.9. The number of benzene rings is 2. The fourth-order valence-electron chi connectivity index (χ4n) is 4.99. The highest BCUT2D eigenvalue weighted by Gasteiger charge is 2.35. The minimum atomic E-state index is -0.765. The van der Waals surface area contributed by atoms with E-state index in [1.165, 1.54) is 6.07 Å². The van der Waals surface area contributed by atoms with E-state index in [-0.39, 0.29) is 18.2 Å². The van der Waals surface area contributed by atoms with E-state index in [1.807, 2.05) is 42.5 Å². The van der Waals surface area contributed by atoms with Crippen LogP contribution in [0.3, 0.4) is 0 Å². The lowest BCUT2D eigenvalue weighted by Crippen LogP contribution is -2.27. The topological polar surface area (TPSA) is 77.2 Å². The molecule has 1 saturated carbocycles. The predicted octanol–water partition coefficient (Wildman–Crippen LogP) is 6.63. The van der Waals surface area contributed by atoms with Crippen LogP contribution < -0.4 is 4.74 Å². The molecule has 0 spiro atoms. The van der Waals surface area contributed by atoms with Gasteiger partial charge < -0.3 is 14.4 Å². The van der Waals surface area contributed by atoms with Crippen molar-refractivity contribution >= 4 is 32.9 Å². The summed E-state index contributed by atoms with van der Waals surface area (Å²) in [6.07, 6.45) is 4.97. The molecule has 0 aliphatic heterocycles. The van der Waals surface area contributed by atoms with Crippen molar-refractivity contribution in [2.75, 3.05) is 0 Å². The van der Waals surface area contributed by atoms with Gasteiger partial charge >= 0.3 is 5.97 Å². The number of halogens is 2. The zero-order chi connectivity index (χ0) is 25.2. The number of hydrogen-bond donors (Lipinski definition) is 1. The van der Waals surface area contributed by atoms with Gasteiger partial charge in [0.1, 0.15) is 29.7 Å². The Morgan fingerprint density at radius 1 is 1.17 bits per heavy atom. The highest BCUT2D eigenvalue weighted by molar-refractivity contribution is 9.10. The van der Waals surface area contributed by atoms with Gasteiger partial charge in [0.2, 0.25) is 0 Å². The molecule has 5 rings (SSSR count). The number of fused-ring (bicyclic) bond motifs is 1. The maximum absolute atomic E-state index is 14.2. The van der Waals surface area contributed by atoms with E-state index >= 15 is 0 Å². The molecule has 8 heteroatoms. The maximum atomic E-state index is 14.2. The summed E-state index contributed by atoms with van der Waals surface area (Å²) < 4.78 is 23.3. The van der Waals surface area contributed by atoms with E-state index < -0.39 is 17.7 Å². The van der Waals surface area contributed by atoms with Gasteiger partial charge in [-0.15, -0.1) is 0 Å². The lowest BCUT2D eigenvalue weighted by Gasteiger charge is -2.28. The summed E-state index contributed by atoms with van der Waals surface area (Å²) in [4.78, 5) is 21.2. The van der Waals surface area contributed by atoms with Gasteiger partial charge in [0.15, 0.2) is 0 Å². The standard InChI is InChI=1S/C28H27BrFN3O3/c1-17-12-23(30)25(31-14-17)16-36-20-10-11-24-26(13-20)33(15-18-6-8-19(29)9-7-18)27(32-24)21-4-2-3-5-22(21)28(34)35/h6-14,21-22H,2-5,15-16H2,1H3,(H,34,35)/t21-,22+/m0/s1. The van der Waals surface area contributed by atoms with Crippen molar-refractivity contribution in [3.63, 3.8) is 0 Å². The second kappa shape index (κ2) is 10.4. The van der Waals surface area contributed by atoms with Gasteiger partial charge in [-0.3, -0.25) is 9.78 Å². The molecule has 2 aromatic heterocycles. The molecule has 0 saturated heterocycles. The zero-order valence-electron chi connectivity index (χ0n) is 20.0. The van der Waals surface area contributed by atoms with Crippen LogP contribution >= 0.6 is 15.9 Å². The molecule has 1 fully saturated rings. The highest BCUT2D eigenvalue weighted by Crippen LogP contribution is 2.39. The lowest BCUT2D eigenvalue weighted by atomic mass is 9.78. The largest absolute Gasteiger partial charge is 0.487 e. The molecule has 2 aromatic carbocycles. The molecule has 1 aliphatic rings. The predicted molar refractivity (Wildman–Crippen MR) is 139 cm³/mol. The van der Waals surface area contributed by atoms with E-state index in [0.717, 1.165) is 51.7 Å². The molecular weight excluding hydrogens is 525 g/mol. The second-order valence-electron chi connectivity index (χ2n) is 9.40. The number of pyridine rings is 1. The van der Waals surface area contributed by atoms with Crippen LogP contribution in [0.25, 0.3) is 11.0 Å². The number of imidazole rings is 1. The van der Waals surface area contributed by atoms with Crippen LogP contribution in [0.15, 0.2) is 59.2 Å². The molecule has 4 aromatic rings. The molecule has 6 nitrogen and oxygen atoms in total. The summed E-state index contributed by atoms with van der Waals surface area (Å²) in [6.45, 7) is 2.36. The monoisotopic (exact) mass is 551 g/mol.